The van der Waals surface area contributed by atoms with Crippen molar-refractivity contribution in [1.82, 2.24) is 5.32 Å². The van der Waals surface area contributed by atoms with Gasteiger partial charge in [-0.3, -0.25) is 4.79 Å². The van der Waals surface area contributed by atoms with Crippen LogP contribution in [0.25, 0.3) is 0 Å². The lowest BCUT2D eigenvalue weighted by molar-refractivity contribution is 0.0970. The number of hydrogen-bond acceptors (Lipinski definition) is 2. The van der Waals surface area contributed by atoms with Gasteiger partial charge >= 0.3 is 0 Å². The van der Waals surface area contributed by atoms with Crippen LogP contribution >= 0.6 is 0 Å². The van der Waals surface area contributed by atoms with E-state index >= 15 is 0 Å². The molecular formula is C10H12N2O. The van der Waals surface area contributed by atoms with Gasteiger partial charge in [0.15, 0.2) is 0 Å². The van der Waals surface area contributed by atoms with E-state index in [9.17, 15) is 4.79 Å². The normalized spacial score (nSPS) is 9.31. The van der Waals surface area contributed by atoms with Gasteiger partial charge in [0.05, 0.1) is 0 Å². The molecule has 3 nitrogen and oxygen atoms in total. The van der Waals surface area contributed by atoms with Gasteiger partial charge in [0.1, 0.15) is 0 Å². The molecule has 0 unspecified atom stereocenters. The van der Waals surface area contributed by atoms with Gasteiger partial charge in [0.2, 0.25) is 0 Å². The van der Waals surface area contributed by atoms with Crippen LogP contribution in [0.4, 0.5) is 0 Å². The zero-order valence-corrected chi connectivity index (χ0v) is 7.29. The summed E-state index contributed by atoms with van der Waals surface area (Å²) in [5.74, 6) is -0.154. The lowest BCUT2D eigenvalue weighted by atomic mass is 10.1. The molecule has 0 saturated carbocycles. The van der Waals surface area contributed by atoms with E-state index in [2.05, 4.69) is 11.9 Å². The van der Waals surface area contributed by atoms with Gasteiger partial charge < -0.3 is 11.1 Å². The van der Waals surface area contributed by atoms with Gasteiger partial charge in [0, 0.05) is 12.1 Å². The van der Waals surface area contributed by atoms with Crippen LogP contribution in [-0.4, -0.2) is 5.91 Å². The summed E-state index contributed by atoms with van der Waals surface area (Å²) in [6, 6.07) is 7.14. The van der Waals surface area contributed by atoms with Crippen LogP contribution in [0, 0.1) is 0 Å². The Balaban J connectivity index is 2.79. The number of carbonyl (C=O) groups excluding carboxylic acids is 1. The average Bonchev–Trinajstić information content (AvgIpc) is 2.18. The summed E-state index contributed by atoms with van der Waals surface area (Å²) in [7, 11) is 0. The Bertz CT molecular complexity index is 303. The first-order valence-electron chi connectivity index (χ1n) is 3.98. The summed E-state index contributed by atoms with van der Waals surface area (Å²) < 4.78 is 0. The number of benzene rings is 1. The first kappa shape index (κ1) is 9.48. The molecule has 1 rings (SSSR count). The van der Waals surface area contributed by atoms with Crippen molar-refractivity contribution in [2.75, 3.05) is 0 Å². The fourth-order valence-electron chi connectivity index (χ4n) is 0.968. The topological polar surface area (TPSA) is 55.1 Å². The highest BCUT2D eigenvalue weighted by Crippen LogP contribution is 2.03. The lowest BCUT2D eigenvalue weighted by Crippen LogP contribution is -2.16. The minimum absolute atomic E-state index is 0.154. The van der Waals surface area contributed by atoms with Gasteiger partial charge in [-0.05, 0) is 23.9 Å². The number of rotatable bonds is 3. The first-order valence-corrected chi connectivity index (χ1v) is 3.98. The highest BCUT2D eigenvalue weighted by atomic mass is 16.1. The predicted molar refractivity (Wildman–Crippen MR) is 52.0 cm³/mol. The summed E-state index contributed by atoms with van der Waals surface area (Å²) in [5.41, 5.74) is 7.04. The maximum atomic E-state index is 11.2. The third-order valence-electron chi connectivity index (χ3n) is 1.68. The smallest absolute Gasteiger partial charge is 0.255 e. The van der Waals surface area contributed by atoms with Crippen molar-refractivity contribution in [3.63, 3.8) is 0 Å². The molecule has 1 amide bonds. The largest absolute Gasteiger partial charge is 0.329 e. The third-order valence-corrected chi connectivity index (χ3v) is 1.68. The second kappa shape index (κ2) is 4.42. The van der Waals surface area contributed by atoms with Crippen molar-refractivity contribution in [2.24, 2.45) is 5.73 Å². The molecule has 0 fully saturated rings. The Morgan fingerprint density at radius 2 is 2.08 bits per heavy atom. The monoisotopic (exact) mass is 176 g/mol. The molecule has 13 heavy (non-hydrogen) atoms. The molecule has 0 bridgehead atoms. The second-order valence-corrected chi connectivity index (χ2v) is 2.58. The standard InChI is InChI=1S/C10H12N2O/c1-2-12-10(13)9-5-3-8(7-11)4-6-9/h2-6H,1,7,11H2,(H,12,13). The van der Waals surface area contributed by atoms with Crippen molar-refractivity contribution < 1.29 is 4.79 Å². The van der Waals surface area contributed by atoms with Gasteiger partial charge in [-0.15, -0.1) is 0 Å². The fraction of sp³-hybridized carbons (Fsp3) is 0.100. The molecule has 1 aromatic rings. The third kappa shape index (κ3) is 2.42. The van der Waals surface area contributed by atoms with Crippen molar-refractivity contribution in [1.29, 1.82) is 0 Å². The number of nitrogens with one attached hydrogen (secondary N) is 1. The molecule has 3 N–H and O–H groups in total. The van der Waals surface area contributed by atoms with Crippen LogP contribution < -0.4 is 11.1 Å². The van der Waals surface area contributed by atoms with Gasteiger partial charge in [0.25, 0.3) is 5.91 Å². The number of hydrogen-bond donors (Lipinski definition) is 2. The molecule has 0 saturated heterocycles. The van der Waals surface area contributed by atoms with E-state index in [1.54, 1.807) is 12.1 Å². The van der Waals surface area contributed by atoms with E-state index in [4.69, 9.17) is 5.73 Å². The Labute approximate surface area is 77.3 Å². The maximum Gasteiger partial charge on any atom is 0.255 e. The molecule has 1 aromatic carbocycles. The molecular weight excluding hydrogens is 164 g/mol. The number of nitrogens with two attached hydrogens (primary N) is 1. The molecule has 0 spiro atoms. The van der Waals surface area contributed by atoms with E-state index in [0.717, 1.165) is 5.56 Å². The molecule has 68 valence electrons. The summed E-state index contributed by atoms with van der Waals surface area (Å²) >= 11 is 0. The minimum Gasteiger partial charge on any atom is -0.329 e. The molecule has 0 radical (unpaired) electrons. The molecule has 0 aliphatic heterocycles. The SMILES string of the molecule is C=CNC(=O)c1ccc(CN)cc1. The van der Waals surface area contributed by atoms with E-state index < -0.39 is 0 Å². The Morgan fingerprint density at radius 1 is 1.46 bits per heavy atom. The predicted octanol–water partition coefficient (Wildman–Crippen LogP) is 1.02. The van der Waals surface area contributed by atoms with E-state index in [1.807, 2.05) is 12.1 Å². The Hall–Kier alpha value is -1.61. The zero-order valence-electron chi connectivity index (χ0n) is 7.29. The van der Waals surface area contributed by atoms with E-state index in [0.29, 0.717) is 12.1 Å². The highest BCUT2D eigenvalue weighted by Gasteiger charge is 2.01. The van der Waals surface area contributed by atoms with E-state index in [-0.39, 0.29) is 5.91 Å². The summed E-state index contributed by atoms with van der Waals surface area (Å²) in [6.07, 6.45) is 1.36. The molecule has 3 heteroatoms. The van der Waals surface area contributed by atoms with Crippen LogP contribution in [-0.2, 0) is 6.54 Å². The number of amides is 1. The lowest BCUT2D eigenvalue weighted by Gasteiger charge is -2.00. The van der Waals surface area contributed by atoms with Crippen molar-refractivity contribution >= 4 is 5.91 Å². The van der Waals surface area contributed by atoms with E-state index in [1.165, 1.54) is 6.20 Å². The highest BCUT2D eigenvalue weighted by molar-refractivity contribution is 5.94. The molecule has 0 aliphatic carbocycles. The van der Waals surface area contributed by atoms with Crippen LogP contribution in [0.1, 0.15) is 15.9 Å². The van der Waals surface area contributed by atoms with Crippen LogP contribution in [0.5, 0.6) is 0 Å². The first-order chi connectivity index (χ1) is 6.27. The zero-order chi connectivity index (χ0) is 9.68. The van der Waals surface area contributed by atoms with Crippen molar-refractivity contribution in [3.8, 4) is 0 Å². The summed E-state index contributed by atoms with van der Waals surface area (Å²) in [5, 5.41) is 2.49. The summed E-state index contributed by atoms with van der Waals surface area (Å²) in [6.45, 7) is 3.90. The van der Waals surface area contributed by atoms with Gasteiger partial charge in [-0.2, -0.15) is 0 Å². The number of carbonyl (C=O) groups is 1. The Morgan fingerprint density at radius 3 is 2.54 bits per heavy atom. The molecule has 0 heterocycles. The fourth-order valence-corrected chi connectivity index (χ4v) is 0.968. The average molecular weight is 176 g/mol. The van der Waals surface area contributed by atoms with Crippen LogP contribution in [0.15, 0.2) is 37.0 Å². The quantitative estimate of drug-likeness (QED) is 0.722. The van der Waals surface area contributed by atoms with Gasteiger partial charge in [-0.25, -0.2) is 0 Å². The molecule has 0 aliphatic rings. The maximum absolute atomic E-state index is 11.2. The Kier molecular flexibility index (Phi) is 3.23. The summed E-state index contributed by atoms with van der Waals surface area (Å²) in [4.78, 5) is 11.2. The second-order valence-electron chi connectivity index (χ2n) is 2.58. The van der Waals surface area contributed by atoms with Crippen LogP contribution in [0.3, 0.4) is 0 Å². The van der Waals surface area contributed by atoms with Gasteiger partial charge in [-0.1, -0.05) is 18.7 Å². The van der Waals surface area contributed by atoms with Crippen LogP contribution in [0.2, 0.25) is 0 Å². The van der Waals surface area contributed by atoms with Crippen molar-refractivity contribution in [3.05, 3.63) is 48.2 Å². The molecule has 0 atom stereocenters. The minimum atomic E-state index is -0.154. The van der Waals surface area contributed by atoms with Crippen molar-refractivity contribution in [2.45, 2.75) is 6.54 Å². The molecule has 0 aromatic heterocycles.